The van der Waals surface area contributed by atoms with Crippen LogP contribution in [0.25, 0.3) is 11.3 Å². The van der Waals surface area contributed by atoms with E-state index in [4.69, 9.17) is 0 Å². The van der Waals surface area contributed by atoms with Gasteiger partial charge in [0.15, 0.2) is 6.20 Å². The Morgan fingerprint density at radius 3 is 2.67 bits per heavy atom. The van der Waals surface area contributed by atoms with Crippen molar-refractivity contribution in [1.82, 2.24) is 4.98 Å². The summed E-state index contributed by atoms with van der Waals surface area (Å²) in [7, 11) is 0. The summed E-state index contributed by atoms with van der Waals surface area (Å²) in [6.07, 6.45) is 4.87. The molecule has 1 aromatic heterocycles. The summed E-state index contributed by atoms with van der Waals surface area (Å²) >= 11 is 0. The molecule has 0 N–H and O–H groups in total. The van der Waals surface area contributed by atoms with Gasteiger partial charge in [-0.2, -0.15) is 4.57 Å². The van der Waals surface area contributed by atoms with Crippen molar-refractivity contribution in [2.75, 3.05) is 0 Å². The predicted octanol–water partition coefficient (Wildman–Crippen LogP) is 2.83. The molecule has 0 bridgehead atoms. The standard InChI is InChI=1S/C18H14N3O3/c22-18(14-5-2-1-3-6-14)13-20-10-9-19-12-17(20)15-7-4-8-16(11-15)21(23)24/h1-12H,13H2/q+1. The van der Waals surface area contributed by atoms with Crippen LogP contribution in [0.3, 0.4) is 0 Å². The Kier molecular flexibility index (Phi) is 4.38. The van der Waals surface area contributed by atoms with Crippen molar-refractivity contribution < 1.29 is 14.3 Å². The number of hydrogen-bond donors (Lipinski definition) is 0. The predicted molar refractivity (Wildman–Crippen MR) is 87.3 cm³/mol. The lowest BCUT2D eigenvalue weighted by Crippen LogP contribution is -2.40. The molecule has 6 heteroatoms. The van der Waals surface area contributed by atoms with Crippen molar-refractivity contribution >= 4 is 11.5 Å². The van der Waals surface area contributed by atoms with Gasteiger partial charge in [-0.25, -0.2) is 0 Å². The number of ketones is 1. The number of benzene rings is 2. The van der Waals surface area contributed by atoms with Crippen LogP contribution in [0.1, 0.15) is 10.4 Å². The number of rotatable bonds is 5. The first kappa shape index (κ1) is 15.5. The molecule has 118 valence electrons. The van der Waals surface area contributed by atoms with E-state index in [-0.39, 0.29) is 18.0 Å². The Hall–Kier alpha value is -3.41. The minimum atomic E-state index is -0.445. The molecule has 24 heavy (non-hydrogen) atoms. The van der Waals surface area contributed by atoms with Gasteiger partial charge in [0.1, 0.15) is 0 Å². The highest BCUT2D eigenvalue weighted by atomic mass is 16.6. The van der Waals surface area contributed by atoms with Crippen LogP contribution in [0.4, 0.5) is 5.69 Å². The van der Waals surface area contributed by atoms with Gasteiger partial charge in [-0.15, -0.1) is 0 Å². The molecule has 6 nitrogen and oxygen atoms in total. The van der Waals surface area contributed by atoms with Crippen molar-refractivity contribution in [3.63, 3.8) is 0 Å². The number of carbonyl (C=O) groups is 1. The van der Waals surface area contributed by atoms with Gasteiger partial charge in [-0.05, 0) is 6.07 Å². The summed E-state index contributed by atoms with van der Waals surface area (Å²) in [6, 6.07) is 15.3. The summed E-state index contributed by atoms with van der Waals surface area (Å²) in [5.41, 5.74) is 1.90. The van der Waals surface area contributed by atoms with E-state index in [0.29, 0.717) is 16.8 Å². The molecule has 0 aliphatic rings. The monoisotopic (exact) mass is 320 g/mol. The minimum Gasteiger partial charge on any atom is -0.287 e. The van der Waals surface area contributed by atoms with Crippen LogP contribution < -0.4 is 4.57 Å². The van der Waals surface area contributed by atoms with Gasteiger partial charge in [0.2, 0.25) is 18.0 Å². The zero-order chi connectivity index (χ0) is 16.9. The Balaban J connectivity index is 1.95. The Bertz CT molecular complexity index is 895. The fourth-order valence-electron chi connectivity index (χ4n) is 2.41. The Morgan fingerprint density at radius 2 is 1.92 bits per heavy atom. The lowest BCUT2D eigenvalue weighted by Gasteiger charge is -2.03. The summed E-state index contributed by atoms with van der Waals surface area (Å²) in [5.74, 6) is -0.0431. The highest BCUT2D eigenvalue weighted by Crippen LogP contribution is 2.20. The summed E-state index contributed by atoms with van der Waals surface area (Å²) < 4.78 is 1.74. The van der Waals surface area contributed by atoms with E-state index in [1.807, 2.05) is 18.2 Å². The molecule has 0 radical (unpaired) electrons. The van der Waals surface area contributed by atoms with Gasteiger partial charge in [-0.1, -0.05) is 36.4 Å². The van der Waals surface area contributed by atoms with Gasteiger partial charge < -0.3 is 0 Å². The van der Waals surface area contributed by atoms with Crippen LogP contribution in [0.5, 0.6) is 0 Å². The molecule has 3 aromatic rings. The second-order valence-corrected chi connectivity index (χ2v) is 5.19. The molecule has 0 saturated heterocycles. The van der Waals surface area contributed by atoms with Crippen LogP contribution in [-0.2, 0) is 6.54 Å². The van der Waals surface area contributed by atoms with Crippen molar-refractivity contribution in [2.45, 2.75) is 6.54 Å². The quantitative estimate of drug-likeness (QED) is 0.313. The number of nitrogens with zero attached hydrogens (tertiary/aromatic N) is 3. The molecular weight excluding hydrogens is 306 g/mol. The molecule has 0 aliphatic heterocycles. The molecule has 0 saturated carbocycles. The zero-order valence-corrected chi connectivity index (χ0v) is 12.7. The van der Waals surface area contributed by atoms with Crippen LogP contribution in [0, 0.1) is 10.1 Å². The van der Waals surface area contributed by atoms with E-state index >= 15 is 0 Å². The third-order valence-corrected chi connectivity index (χ3v) is 3.60. The minimum absolute atomic E-state index is 0.00251. The molecule has 0 aliphatic carbocycles. The maximum atomic E-state index is 12.4. The number of hydrogen-bond acceptors (Lipinski definition) is 4. The zero-order valence-electron chi connectivity index (χ0n) is 12.7. The number of nitro benzene ring substituents is 1. The molecule has 3 rings (SSSR count). The fraction of sp³-hybridized carbons (Fsp3) is 0.0556. The molecule has 1 heterocycles. The van der Waals surface area contributed by atoms with E-state index in [0.717, 1.165) is 0 Å². The van der Waals surface area contributed by atoms with Gasteiger partial charge >= 0.3 is 0 Å². The maximum Gasteiger partial charge on any atom is 0.270 e. The molecule has 2 aromatic carbocycles. The van der Waals surface area contributed by atoms with Crippen molar-refractivity contribution in [2.24, 2.45) is 0 Å². The van der Waals surface area contributed by atoms with Crippen LogP contribution in [-0.4, -0.2) is 15.7 Å². The number of nitro groups is 1. The third-order valence-electron chi connectivity index (χ3n) is 3.60. The van der Waals surface area contributed by atoms with Crippen LogP contribution >= 0.6 is 0 Å². The maximum absolute atomic E-state index is 12.4. The van der Waals surface area contributed by atoms with E-state index in [1.165, 1.54) is 12.1 Å². The average molecular weight is 320 g/mol. The van der Waals surface area contributed by atoms with Crippen LogP contribution in [0.2, 0.25) is 0 Å². The first-order valence-corrected chi connectivity index (χ1v) is 7.31. The van der Waals surface area contributed by atoms with Crippen molar-refractivity contribution in [3.8, 4) is 11.3 Å². The van der Waals surface area contributed by atoms with Gasteiger partial charge in [0.05, 0.1) is 22.9 Å². The van der Waals surface area contributed by atoms with E-state index < -0.39 is 4.92 Å². The van der Waals surface area contributed by atoms with Gasteiger partial charge in [0, 0.05) is 17.7 Å². The summed E-state index contributed by atoms with van der Waals surface area (Å²) in [4.78, 5) is 27.0. The molecular formula is C18H14N3O3+. The smallest absolute Gasteiger partial charge is 0.270 e. The van der Waals surface area contributed by atoms with E-state index in [1.54, 1.807) is 47.4 Å². The fourth-order valence-corrected chi connectivity index (χ4v) is 2.41. The van der Waals surface area contributed by atoms with Gasteiger partial charge in [0.25, 0.3) is 5.69 Å². The molecule has 0 fully saturated rings. The van der Waals surface area contributed by atoms with Gasteiger partial charge in [-0.3, -0.25) is 19.9 Å². The Morgan fingerprint density at radius 1 is 1.12 bits per heavy atom. The van der Waals surface area contributed by atoms with E-state index in [2.05, 4.69) is 4.98 Å². The largest absolute Gasteiger partial charge is 0.287 e. The molecule has 0 spiro atoms. The second-order valence-electron chi connectivity index (χ2n) is 5.19. The number of aromatic nitrogens is 2. The van der Waals surface area contributed by atoms with Crippen molar-refractivity contribution in [1.29, 1.82) is 0 Å². The topological polar surface area (TPSA) is 77.0 Å². The lowest BCUT2D eigenvalue weighted by atomic mass is 10.1. The van der Waals surface area contributed by atoms with Crippen molar-refractivity contribution in [3.05, 3.63) is 88.9 Å². The Labute approximate surface area is 138 Å². The summed E-state index contributed by atoms with van der Waals surface area (Å²) in [6.45, 7) is 0.130. The number of carbonyl (C=O) groups excluding carboxylic acids is 1. The third kappa shape index (κ3) is 3.33. The average Bonchev–Trinajstić information content (AvgIpc) is 2.63. The second kappa shape index (κ2) is 6.78. The van der Waals surface area contributed by atoms with E-state index in [9.17, 15) is 14.9 Å². The summed E-state index contributed by atoms with van der Waals surface area (Å²) in [5, 5.41) is 11.0. The highest BCUT2D eigenvalue weighted by molar-refractivity contribution is 5.95. The molecule has 0 atom stereocenters. The normalized spacial score (nSPS) is 10.3. The molecule has 0 amide bonds. The lowest BCUT2D eigenvalue weighted by molar-refractivity contribution is -0.672. The number of non-ortho nitro benzene ring substituents is 1. The SMILES string of the molecule is O=C(C[n+]1ccncc1-c1cccc([N+](=O)[O-])c1)c1ccccc1. The van der Waals surface area contributed by atoms with Crippen LogP contribution in [0.15, 0.2) is 73.2 Å². The first-order chi connectivity index (χ1) is 11.6. The number of Topliss-reactive ketones (excluding diaryl/α,β-unsaturated/α-hetero) is 1. The highest BCUT2D eigenvalue weighted by Gasteiger charge is 2.19. The first-order valence-electron chi connectivity index (χ1n) is 7.31. The molecule has 0 unspecified atom stereocenters.